The molecule has 0 radical (unpaired) electrons. The smallest absolute Gasteiger partial charge is 0.414 e. The highest BCUT2D eigenvalue weighted by Gasteiger charge is 2.28. The Morgan fingerprint density at radius 1 is 1.42 bits per heavy atom. The van der Waals surface area contributed by atoms with Crippen molar-refractivity contribution in [2.75, 3.05) is 19.6 Å². The van der Waals surface area contributed by atoms with Crippen LogP contribution in [0.5, 0.6) is 6.01 Å². The predicted octanol–water partition coefficient (Wildman–Crippen LogP) is 1.40. The van der Waals surface area contributed by atoms with Crippen molar-refractivity contribution in [3.63, 3.8) is 0 Å². The zero-order valence-electron chi connectivity index (χ0n) is 13.1. The fourth-order valence-electron chi connectivity index (χ4n) is 3.05. The molecule has 2 aliphatic rings. The van der Waals surface area contributed by atoms with Gasteiger partial charge in [0.05, 0.1) is 6.54 Å². The largest absolute Gasteiger partial charge is 0.465 e. The second kappa shape index (κ2) is 6.85. The minimum atomic E-state index is -0.883. The molecule has 2 aliphatic heterocycles. The second-order valence-electron chi connectivity index (χ2n) is 5.99. The number of nitro groups is 1. The number of ether oxygens (including phenoxy) is 1. The SMILES string of the molecule is O=C(O)N1CCC(CC2C=NCCn3cc([N+](=O)[O-])nc3O2)CC1. The van der Waals surface area contributed by atoms with Crippen LogP contribution in [-0.2, 0) is 6.54 Å². The van der Waals surface area contributed by atoms with Gasteiger partial charge in [-0.3, -0.25) is 9.56 Å². The zero-order chi connectivity index (χ0) is 17.1. The van der Waals surface area contributed by atoms with E-state index >= 15 is 0 Å². The molecule has 10 nitrogen and oxygen atoms in total. The summed E-state index contributed by atoms with van der Waals surface area (Å²) in [6.45, 7) is 2.03. The van der Waals surface area contributed by atoms with Crippen LogP contribution in [0.2, 0.25) is 0 Å². The Morgan fingerprint density at radius 2 is 2.17 bits per heavy atom. The summed E-state index contributed by atoms with van der Waals surface area (Å²) in [5, 5.41) is 19.8. The summed E-state index contributed by atoms with van der Waals surface area (Å²) in [6, 6.07) is 0.237. The number of nitrogens with zero attached hydrogens (tertiary/aromatic N) is 5. The molecule has 130 valence electrons. The van der Waals surface area contributed by atoms with Gasteiger partial charge in [-0.1, -0.05) is 0 Å². The molecule has 24 heavy (non-hydrogen) atoms. The number of rotatable bonds is 3. The van der Waals surface area contributed by atoms with Gasteiger partial charge in [0.1, 0.15) is 12.3 Å². The van der Waals surface area contributed by atoms with Crippen LogP contribution in [0.1, 0.15) is 19.3 Å². The van der Waals surface area contributed by atoms with Crippen molar-refractivity contribution in [2.24, 2.45) is 10.9 Å². The Morgan fingerprint density at radius 3 is 2.83 bits per heavy atom. The predicted molar refractivity (Wildman–Crippen MR) is 83.6 cm³/mol. The standard InChI is InChI=1S/C14H19N5O5/c20-14(21)17-4-1-10(2-5-17)7-11-8-15-3-6-18-9-12(19(22)23)16-13(18)24-11/h8-11H,1-7H2,(H,20,21). The molecule has 0 aromatic carbocycles. The number of likely N-dealkylation sites (tertiary alicyclic amines) is 1. The Hall–Kier alpha value is -2.65. The van der Waals surface area contributed by atoms with Crippen LogP contribution >= 0.6 is 0 Å². The number of piperidine rings is 1. The molecular weight excluding hydrogens is 318 g/mol. The monoisotopic (exact) mass is 337 g/mol. The van der Waals surface area contributed by atoms with Crippen molar-refractivity contribution < 1.29 is 19.6 Å². The van der Waals surface area contributed by atoms with E-state index in [-0.39, 0.29) is 17.9 Å². The van der Waals surface area contributed by atoms with Gasteiger partial charge in [-0.2, -0.15) is 0 Å². The molecule has 1 aromatic heterocycles. The fourth-order valence-corrected chi connectivity index (χ4v) is 3.05. The van der Waals surface area contributed by atoms with Gasteiger partial charge in [-0.25, -0.2) is 4.79 Å². The van der Waals surface area contributed by atoms with Gasteiger partial charge in [0.15, 0.2) is 0 Å². The van der Waals surface area contributed by atoms with Gasteiger partial charge < -0.3 is 24.9 Å². The zero-order valence-corrected chi connectivity index (χ0v) is 13.1. The summed E-state index contributed by atoms with van der Waals surface area (Å²) in [4.78, 5) is 30.9. The summed E-state index contributed by atoms with van der Waals surface area (Å²) < 4.78 is 7.42. The Balaban J connectivity index is 1.64. The van der Waals surface area contributed by atoms with E-state index in [1.807, 2.05) is 0 Å². The maximum atomic E-state index is 10.9. The molecule has 0 saturated carbocycles. The lowest BCUT2D eigenvalue weighted by Gasteiger charge is -2.31. The summed E-state index contributed by atoms with van der Waals surface area (Å²) in [7, 11) is 0. The van der Waals surface area contributed by atoms with E-state index < -0.39 is 11.0 Å². The highest BCUT2D eigenvalue weighted by atomic mass is 16.6. The Kier molecular flexibility index (Phi) is 4.63. The molecule has 1 atom stereocenters. The lowest BCUT2D eigenvalue weighted by atomic mass is 9.91. The van der Waals surface area contributed by atoms with Crippen LogP contribution in [0.4, 0.5) is 10.6 Å². The molecule has 1 saturated heterocycles. The molecular formula is C14H19N5O5. The van der Waals surface area contributed by atoms with Crippen LogP contribution in [0.15, 0.2) is 11.2 Å². The molecule has 3 heterocycles. The van der Waals surface area contributed by atoms with Crippen LogP contribution < -0.4 is 4.74 Å². The number of aromatic nitrogens is 2. The maximum Gasteiger partial charge on any atom is 0.414 e. The molecule has 10 heteroatoms. The normalized spacial score (nSPS) is 21.5. The van der Waals surface area contributed by atoms with Gasteiger partial charge >= 0.3 is 17.9 Å². The van der Waals surface area contributed by atoms with E-state index in [2.05, 4.69) is 9.98 Å². The molecule has 1 unspecified atom stereocenters. The van der Waals surface area contributed by atoms with Gasteiger partial charge in [0.2, 0.25) is 0 Å². The molecule has 1 N–H and O–H groups in total. The van der Waals surface area contributed by atoms with Crippen molar-refractivity contribution in [1.82, 2.24) is 14.5 Å². The molecule has 0 bridgehead atoms. The van der Waals surface area contributed by atoms with Gasteiger partial charge in [-0.15, -0.1) is 0 Å². The van der Waals surface area contributed by atoms with E-state index in [0.717, 1.165) is 12.8 Å². The van der Waals surface area contributed by atoms with Crippen molar-refractivity contribution in [2.45, 2.75) is 31.9 Å². The Bertz CT molecular complexity index is 650. The van der Waals surface area contributed by atoms with Crippen molar-refractivity contribution in [3.8, 4) is 6.01 Å². The highest BCUT2D eigenvalue weighted by Crippen LogP contribution is 2.25. The van der Waals surface area contributed by atoms with E-state index in [9.17, 15) is 14.9 Å². The second-order valence-corrected chi connectivity index (χ2v) is 5.99. The third-order valence-corrected chi connectivity index (χ3v) is 4.36. The lowest BCUT2D eigenvalue weighted by molar-refractivity contribution is -0.389. The average Bonchev–Trinajstić information content (AvgIpc) is 2.92. The third kappa shape index (κ3) is 3.63. The number of aliphatic imine (C=N–C) groups is 1. The first kappa shape index (κ1) is 16.2. The lowest BCUT2D eigenvalue weighted by Crippen LogP contribution is -2.39. The summed E-state index contributed by atoms with van der Waals surface area (Å²) in [5.41, 5.74) is 0. The van der Waals surface area contributed by atoms with E-state index in [1.54, 1.807) is 10.8 Å². The number of hydrogen-bond acceptors (Lipinski definition) is 6. The van der Waals surface area contributed by atoms with Gasteiger partial charge in [0, 0.05) is 30.8 Å². The first-order valence-corrected chi connectivity index (χ1v) is 7.89. The average molecular weight is 337 g/mol. The van der Waals surface area contributed by atoms with Crippen LogP contribution in [0.25, 0.3) is 0 Å². The first-order chi connectivity index (χ1) is 11.5. The molecule has 1 fully saturated rings. The highest BCUT2D eigenvalue weighted by molar-refractivity contribution is 5.65. The first-order valence-electron chi connectivity index (χ1n) is 7.89. The van der Waals surface area contributed by atoms with Gasteiger partial charge in [-0.05, 0) is 30.1 Å². The fraction of sp³-hybridized carbons (Fsp3) is 0.643. The topological polar surface area (TPSA) is 123 Å². The molecule has 0 spiro atoms. The minimum absolute atomic E-state index is 0.236. The van der Waals surface area contributed by atoms with E-state index in [4.69, 9.17) is 9.84 Å². The maximum absolute atomic E-state index is 10.9. The third-order valence-electron chi connectivity index (χ3n) is 4.36. The summed E-state index contributed by atoms with van der Waals surface area (Å²) in [6.07, 6.45) is 4.13. The number of carboxylic acid groups (broad SMARTS) is 1. The number of hydrogen-bond donors (Lipinski definition) is 1. The number of carbonyl (C=O) groups is 1. The minimum Gasteiger partial charge on any atom is -0.465 e. The summed E-state index contributed by atoms with van der Waals surface area (Å²) >= 11 is 0. The number of imidazole rings is 1. The molecule has 1 amide bonds. The van der Waals surface area contributed by atoms with Gasteiger partial charge in [0.25, 0.3) is 0 Å². The molecule has 0 aliphatic carbocycles. The number of fused-ring (bicyclic) bond motifs is 1. The molecule has 3 rings (SSSR count). The van der Waals surface area contributed by atoms with Crippen molar-refractivity contribution in [3.05, 3.63) is 16.3 Å². The van der Waals surface area contributed by atoms with Crippen LogP contribution in [-0.4, -0.2) is 62.5 Å². The van der Waals surface area contributed by atoms with Crippen LogP contribution in [0.3, 0.4) is 0 Å². The van der Waals surface area contributed by atoms with E-state index in [1.165, 1.54) is 11.1 Å². The Labute approximate surface area is 137 Å². The number of amides is 1. The summed E-state index contributed by atoms with van der Waals surface area (Å²) in [5.74, 6) is 0.0929. The van der Waals surface area contributed by atoms with Crippen LogP contribution in [0, 0.1) is 16.0 Å². The van der Waals surface area contributed by atoms with Crippen molar-refractivity contribution in [1.29, 1.82) is 0 Å². The van der Waals surface area contributed by atoms with E-state index in [0.29, 0.717) is 38.5 Å². The molecule has 1 aromatic rings. The quantitative estimate of drug-likeness (QED) is 0.657. The van der Waals surface area contributed by atoms with Crippen molar-refractivity contribution >= 4 is 18.1 Å².